The molecular weight excluding hydrogens is 356 g/mol. The van der Waals surface area contributed by atoms with Gasteiger partial charge in [0.05, 0.1) is 23.5 Å². The number of amides is 2. The number of nitriles is 1. The van der Waals surface area contributed by atoms with Crippen molar-refractivity contribution in [2.75, 3.05) is 0 Å². The summed E-state index contributed by atoms with van der Waals surface area (Å²) in [7, 11) is 0. The highest BCUT2D eigenvalue weighted by molar-refractivity contribution is 6.08. The maximum absolute atomic E-state index is 12.9. The zero-order chi connectivity index (χ0) is 20.3. The Kier molecular flexibility index (Phi) is 5.93. The molecule has 1 aliphatic heterocycles. The largest absolute Gasteiger partial charge is 0.459 e. The molecule has 1 aromatic carbocycles. The Hall–Kier alpha value is -2.94. The van der Waals surface area contributed by atoms with E-state index >= 15 is 0 Å². The van der Waals surface area contributed by atoms with Gasteiger partial charge in [-0.1, -0.05) is 38.1 Å². The molecular formula is C22H24N2O4. The molecule has 1 aliphatic carbocycles. The number of nitrogens with zero attached hydrogens (tertiary/aromatic N) is 2. The van der Waals surface area contributed by atoms with Crippen LogP contribution in [0.4, 0.5) is 0 Å². The Labute approximate surface area is 164 Å². The van der Waals surface area contributed by atoms with Crippen molar-refractivity contribution in [1.29, 1.82) is 5.26 Å². The topological polar surface area (TPSA) is 87.5 Å². The lowest BCUT2D eigenvalue weighted by Gasteiger charge is -2.26. The summed E-state index contributed by atoms with van der Waals surface area (Å²) in [6.07, 6.45) is 5.31. The van der Waals surface area contributed by atoms with Crippen molar-refractivity contribution in [3.63, 3.8) is 0 Å². The molecule has 3 atom stereocenters. The predicted octanol–water partition coefficient (Wildman–Crippen LogP) is 2.97. The van der Waals surface area contributed by atoms with Crippen LogP contribution in [-0.4, -0.2) is 28.7 Å². The molecule has 6 heteroatoms. The molecule has 0 unspecified atom stereocenters. The zero-order valence-corrected chi connectivity index (χ0v) is 16.1. The number of likely N-dealkylation sites (tertiary alicyclic amines) is 1. The smallest absolute Gasteiger partial charge is 0.329 e. The standard InChI is InChI=1S/C22H24N2O4/c1-14(2)11-19(22(27)28-13-16-9-7-15(12-23)8-10-16)24-20(25)17-5-3-4-6-18(17)21(24)26/h3-4,7-10,14,17-19H,5-6,11,13H2,1-2H3/t17-,18-,19+/m0/s1. The van der Waals surface area contributed by atoms with Gasteiger partial charge in [-0.2, -0.15) is 5.26 Å². The fraction of sp³-hybridized carbons (Fsp3) is 0.455. The molecule has 0 saturated carbocycles. The van der Waals surface area contributed by atoms with Crippen LogP contribution in [-0.2, 0) is 25.7 Å². The first-order chi connectivity index (χ1) is 13.4. The Balaban J connectivity index is 1.74. The van der Waals surface area contributed by atoms with E-state index in [9.17, 15) is 14.4 Å². The van der Waals surface area contributed by atoms with Crippen molar-refractivity contribution in [2.45, 2.75) is 45.8 Å². The lowest BCUT2D eigenvalue weighted by Crippen LogP contribution is -2.47. The quantitative estimate of drug-likeness (QED) is 0.430. The first kappa shape index (κ1) is 19.8. The van der Waals surface area contributed by atoms with Crippen LogP contribution in [0.25, 0.3) is 0 Å². The van der Waals surface area contributed by atoms with Gasteiger partial charge in [0, 0.05) is 0 Å². The lowest BCUT2D eigenvalue weighted by atomic mass is 9.85. The third-order valence-electron chi connectivity index (χ3n) is 5.28. The minimum absolute atomic E-state index is 0.0315. The van der Waals surface area contributed by atoms with Gasteiger partial charge >= 0.3 is 5.97 Å². The maximum atomic E-state index is 12.9. The van der Waals surface area contributed by atoms with E-state index in [2.05, 4.69) is 0 Å². The Morgan fingerprint density at radius 1 is 1.14 bits per heavy atom. The number of rotatable bonds is 6. The van der Waals surface area contributed by atoms with Crippen LogP contribution in [0.15, 0.2) is 36.4 Å². The average Bonchev–Trinajstić information content (AvgIpc) is 2.95. The van der Waals surface area contributed by atoms with Gasteiger partial charge in [-0.15, -0.1) is 0 Å². The molecule has 0 radical (unpaired) electrons. The van der Waals surface area contributed by atoms with Crippen LogP contribution in [0.5, 0.6) is 0 Å². The van der Waals surface area contributed by atoms with Gasteiger partial charge in [0.15, 0.2) is 0 Å². The minimum atomic E-state index is -0.899. The second kappa shape index (κ2) is 8.39. The number of imide groups is 1. The first-order valence-corrected chi connectivity index (χ1v) is 9.60. The number of carbonyl (C=O) groups is 3. The van der Waals surface area contributed by atoms with Gasteiger partial charge in [0.1, 0.15) is 12.6 Å². The van der Waals surface area contributed by atoms with Crippen molar-refractivity contribution in [1.82, 2.24) is 4.90 Å². The fourth-order valence-corrected chi connectivity index (χ4v) is 3.81. The highest BCUT2D eigenvalue weighted by Crippen LogP contribution is 2.37. The van der Waals surface area contributed by atoms with Crippen molar-refractivity contribution in [3.05, 3.63) is 47.5 Å². The summed E-state index contributed by atoms with van der Waals surface area (Å²) in [4.78, 5) is 39.7. The Morgan fingerprint density at radius 3 is 2.21 bits per heavy atom. The van der Waals surface area contributed by atoms with Crippen LogP contribution < -0.4 is 0 Å². The van der Waals surface area contributed by atoms with Crippen LogP contribution in [0.1, 0.15) is 44.2 Å². The van der Waals surface area contributed by atoms with Gasteiger partial charge in [0.25, 0.3) is 0 Å². The summed E-state index contributed by atoms with van der Waals surface area (Å²) in [6.45, 7) is 3.92. The number of ether oxygens (including phenoxy) is 1. The summed E-state index contributed by atoms with van der Waals surface area (Å²) < 4.78 is 5.44. The number of hydrogen-bond donors (Lipinski definition) is 0. The van der Waals surface area contributed by atoms with Crippen LogP contribution in [0.3, 0.4) is 0 Å². The maximum Gasteiger partial charge on any atom is 0.329 e. The Bertz CT molecular complexity index is 809. The summed E-state index contributed by atoms with van der Waals surface area (Å²) in [5.74, 6) is -1.70. The van der Waals surface area contributed by atoms with Gasteiger partial charge < -0.3 is 4.74 Å². The van der Waals surface area contributed by atoms with E-state index in [4.69, 9.17) is 10.00 Å². The van der Waals surface area contributed by atoms with E-state index in [-0.39, 0.29) is 36.2 Å². The van der Waals surface area contributed by atoms with Crippen molar-refractivity contribution in [3.8, 4) is 6.07 Å². The molecule has 1 fully saturated rings. The molecule has 1 saturated heterocycles. The van der Waals surface area contributed by atoms with Gasteiger partial charge in [-0.25, -0.2) is 4.79 Å². The molecule has 2 amide bonds. The molecule has 2 aliphatic rings. The first-order valence-electron chi connectivity index (χ1n) is 9.60. The predicted molar refractivity (Wildman–Crippen MR) is 101 cm³/mol. The van der Waals surface area contributed by atoms with Crippen LogP contribution >= 0.6 is 0 Å². The average molecular weight is 380 g/mol. The van der Waals surface area contributed by atoms with Gasteiger partial charge in [-0.3, -0.25) is 14.5 Å². The zero-order valence-electron chi connectivity index (χ0n) is 16.1. The number of allylic oxidation sites excluding steroid dienone is 2. The van der Waals surface area contributed by atoms with E-state index in [1.807, 2.05) is 32.1 Å². The summed E-state index contributed by atoms with van der Waals surface area (Å²) in [5.41, 5.74) is 1.27. The molecule has 3 rings (SSSR count). The number of esters is 1. The third-order valence-corrected chi connectivity index (χ3v) is 5.28. The van der Waals surface area contributed by atoms with E-state index in [0.29, 0.717) is 24.8 Å². The monoisotopic (exact) mass is 380 g/mol. The van der Waals surface area contributed by atoms with Crippen molar-refractivity contribution < 1.29 is 19.1 Å². The molecule has 1 heterocycles. The summed E-state index contributed by atoms with van der Waals surface area (Å²) in [5, 5.41) is 8.85. The Morgan fingerprint density at radius 2 is 1.71 bits per heavy atom. The summed E-state index contributed by atoms with van der Waals surface area (Å²) >= 11 is 0. The summed E-state index contributed by atoms with van der Waals surface area (Å²) in [6, 6.07) is 7.88. The molecule has 0 aromatic heterocycles. The number of carbonyl (C=O) groups excluding carboxylic acids is 3. The molecule has 6 nitrogen and oxygen atoms in total. The fourth-order valence-electron chi connectivity index (χ4n) is 3.81. The highest BCUT2D eigenvalue weighted by atomic mass is 16.5. The second-order valence-corrected chi connectivity index (χ2v) is 7.76. The molecule has 0 spiro atoms. The van der Waals surface area contributed by atoms with Crippen LogP contribution in [0, 0.1) is 29.1 Å². The van der Waals surface area contributed by atoms with Crippen molar-refractivity contribution >= 4 is 17.8 Å². The third kappa shape index (κ3) is 3.99. The lowest BCUT2D eigenvalue weighted by molar-refractivity contribution is -0.160. The highest BCUT2D eigenvalue weighted by Gasteiger charge is 2.51. The van der Waals surface area contributed by atoms with Gasteiger partial charge in [0.2, 0.25) is 11.8 Å². The van der Waals surface area contributed by atoms with Crippen LogP contribution in [0.2, 0.25) is 0 Å². The molecule has 0 bridgehead atoms. The normalized spacial score (nSPS) is 22.1. The number of fused-ring (bicyclic) bond motifs is 1. The van der Waals surface area contributed by atoms with E-state index in [1.165, 1.54) is 0 Å². The minimum Gasteiger partial charge on any atom is -0.459 e. The van der Waals surface area contributed by atoms with Gasteiger partial charge in [-0.05, 0) is 42.9 Å². The molecule has 28 heavy (non-hydrogen) atoms. The molecule has 1 aromatic rings. The molecule has 146 valence electrons. The van der Waals surface area contributed by atoms with E-state index < -0.39 is 12.0 Å². The second-order valence-electron chi connectivity index (χ2n) is 7.76. The number of benzene rings is 1. The SMILES string of the molecule is CC(C)C[C@H](C(=O)OCc1ccc(C#N)cc1)N1C(=O)[C@H]2CC=CC[C@@H]2C1=O. The van der Waals surface area contributed by atoms with E-state index in [1.54, 1.807) is 24.3 Å². The number of hydrogen-bond acceptors (Lipinski definition) is 5. The van der Waals surface area contributed by atoms with Crippen molar-refractivity contribution in [2.24, 2.45) is 17.8 Å². The van der Waals surface area contributed by atoms with E-state index in [0.717, 1.165) is 10.5 Å². The molecule has 0 N–H and O–H groups in total.